The molecule has 2 aromatic rings. The van der Waals surface area contributed by atoms with Crippen LogP contribution in [0.2, 0.25) is 5.02 Å². The number of rotatable bonds is 3. The zero-order valence-corrected chi connectivity index (χ0v) is 21.3. The van der Waals surface area contributed by atoms with Crippen molar-refractivity contribution in [2.45, 2.75) is 25.7 Å². The van der Waals surface area contributed by atoms with Gasteiger partial charge in [-0.3, -0.25) is 24.5 Å². The summed E-state index contributed by atoms with van der Waals surface area (Å²) in [5.41, 5.74) is 0.240. The molecule has 0 spiro atoms. The van der Waals surface area contributed by atoms with Crippen molar-refractivity contribution in [3.63, 3.8) is 0 Å². The van der Waals surface area contributed by atoms with E-state index in [2.05, 4.69) is 5.32 Å². The van der Waals surface area contributed by atoms with Gasteiger partial charge in [0.25, 0.3) is 0 Å². The van der Waals surface area contributed by atoms with Crippen LogP contribution in [0.25, 0.3) is 0 Å². The van der Waals surface area contributed by atoms with Gasteiger partial charge in [-0.05, 0) is 61.6 Å². The van der Waals surface area contributed by atoms with Gasteiger partial charge in [0, 0.05) is 5.92 Å². The molecule has 3 fully saturated rings. The van der Waals surface area contributed by atoms with Gasteiger partial charge in [0.1, 0.15) is 5.82 Å². The van der Waals surface area contributed by atoms with Gasteiger partial charge >= 0.3 is 0 Å². The standard InChI is InChI=1S/C28H24ClFN2O6/c1-28-17(26(36)32(27(28)37)13-4-7-19(30)18(29)10-13)11-16-14(5-6-15-22(16)25(35)31-24(15)34)23(28)12-3-8-21(38-2)20(33)9-12/h3-5,7-10,15-17,22-23,33H,6,11H2,1-2H3,(H,31,34,35). The number of hydrogen-bond donors (Lipinski definition) is 2. The molecule has 4 aliphatic rings. The van der Waals surface area contributed by atoms with E-state index in [-0.39, 0.29) is 40.4 Å². The highest BCUT2D eigenvalue weighted by atomic mass is 35.5. The van der Waals surface area contributed by atoms with Crippen LogP contribution < -0.4 is 15.0 Å². The Labute approximate surface area is 222 Å². The minimum Gasteiger partial charge on any atom is -0.504 e. The summed E-state index contributed by atoms with van der Waals surface area (Å²) in [4.78, 5) is 54.5. The summed E-state index contributed by atoms with van der Waals surface area (Å²) in [5.74, 6) is -5.39. The Balaban J connectivity index is 1.54. The quantitative estimate of drug-likeness (QED) is 0.455. The summed E-state index contributed by atoms with van der Waals surface area (Å²) in [7, 11) is 1.42. The number of hydrogen-bond acceptors (Lipinski definition) is 6. The third-order valence-electron chi connectivity index (χ3n) is 8.82. The highest BCUT2D eigenvalue weighted by molar-refractivity contribution is 6.31. The molecule has 6 unspecified atom stereocenters. The van der Waals surface area contributed by atoms with Crippen molar-refractivity contribution in [2.24, 2.45) is 29.1 Å². The number of benzene rings is 2. The molecule has 8 nitrogen and oxygen atoms in total. The first-order valence-corrected chi connectivity index (χ1v) is 12.7. The van der Waals surface area contributed by atoms with Crippen molar-refractivity contribution in [3.8, 4) is 11.5 Å². The predicted molar refractivity (Wildman–Crippen MR) is 134 cm³/mol. The van der Waals surface area contributed by atoms with E-state index in [1.54, 1.807) is 19.1 Å². The second-order valence-electron chi connectivity index (χ2n) is 10.5. The number of imide groups is 2. The molecule has 2 N–H and O–H groups in total. The van der Waals surface area contributed by atoms with E-state index in [0.717, 1.165) is 16.5 Å². The van der Waals surface area contributed by atoms with E-state index in [1.807, 2.05) is 6.08 Å². The van der Waals surface area contributed by atoms with Crippen LogP contribution in [0.4, 0.5) is 10.1 Å². The molecule has 2 aromatic carbocycles. The number of allylic oxidation sites excluding steroid dienone is 2. The minimum atomic E-state index is -1.28. The number of carbonyl (C=O) groups is 4. The number of ether oxygens (including phenoxy) is 1. The lowest BCUT2D eigenvalue weighted by Gasteiger charge is -2.49. The van der Waals surface area contributed by atoms with Gasteiger partial charge in [-0.2, -0.15) is 0 Å². The number of fused-ring (bicyclic) bond motifs is 4. The molecule has 0 aromatic heterocycles. The number of phenols is 1. The van der Waals surface area contributed by atoms with E-state index < -0.39 is 52.6 Å². The molecule has 38 heavy (non-hydrogen) atoms. The highest BCUT2D eigenvalue weighted by Crippen LogP contribution is 2.63. The summed E-state index contributed by atoms with van der Waals surface area (Å²) >= 11 is 5.99. The average molecular weight is 539 g/mol. The minimum absolute atomic E-state index is 0.130. The van der Waals surface area contributed by atoms with Crippen LogP contribution in [-0.4, -0.2) is 35.8 Å². The van der Waals surface area contributed by atoms with E-state index in [4.69, 9.17) is 16.3 Å². The van der Waals surface area contributed by atoms with Gasteiger partial charge in [0.2, 0.25) is 23.6 Å². The van der Waals surface area contributed by atoms with Crippen molar-refractivity contribution in [3.05, 3.63) is 64.5 Å². The van der Waals surface area contributed by atoms with Gasteiger partial charge in [-0.15, -0.1) is 0 Å². The lowest BCUT2D eigenvalue weighted by atomic mass is 9.51. The van der Waals surface area contributed by atoms with Gasteiger partial charge in [0.15, 0.2) is 11.5 Å². The number of carbonyl (C=O) groups excluding carboxylic acids is 4. The molecular weight excluding hydrogens is 515 g/mol. The maximum atomic E-state index is 14.2. The fourth-order valence-electron chi connectivity index (χ4n) is 7.06. The Kier molecular flexibility index (Phi) is 5.43. The molecule has 2 aliphatic carbocycles. The average Bonchev–Trinajstić information content (AvgIpc) is 3.28. The molecule has 2 saturated heterocycles. The molecule has 196 valence electrons. The Morgan fingerprint density at radius 1 is 1.11 bits per heavy atom. The van der Waals surface area contributed by atoms with Crippen LogP contribution in [0.15, 0.2) is 48.0 Å². The molecular formula is C28H24ClFN2O6. The topological polar surface area (TPSA) is 113 Å². The molecule has 10 heteroatoms. The van der Waals surface area contributed by atoms with Gasteiger partial charge in [0.05, 0.1) is 41.0 Å². The number of nitrogens with one attached hydrogen (secondary N) is 1. The van der Waals surface area contributed by atoms with Crippen LogP contribution in [0.1, 0.15) is 31.2 Å². The van der Waals surface area contributed by atoms with E-state index in [0.29, 0.717) is 12.0 Å². The van der Waals surface area contributed by atoms with Crippen LogP contribution in [-0.2, 0) is 19.2 Å². The van der Waals surface area contributed by atoms with Crippen molar-refractivity contribution in [1.29, 1.82) is 0 Å². The zero-order valence-electron chi connectivity index (χ0n) is 20.5. The van der Waals surface area contributed by atoms with Crippen LogP contribution in [0.3, 0.4) is 0 Å². The monoisotopic (exact) mass is 538 g/mol. The zero-order chi connectivity index (χ0) is 27.1. The number of amides is 4. The fraction of sp³-hybridized carbons (Fsp3) is 0.357. The Hall–Kier alpha value is -3.72. The number of nitrogens with zero attached hydrogens (tertiary/aromatic N) is 1. The largest absolute Gasteiger partial charge is 0.504 e. The first-order chi connectivity index (χ1) is 18.1. The van der Waals surface area contributed by atoms with Crippen LogP contribution >= 0.6 is 11.6 Å². The van der Waals surface area contributed by atoms with Crippen LogP contribution in [0.5, 0.6) is 11.5 Å². The molecule has 2 aliphatic heterocycles. The third-order valence-corrected chi connectivity index (χ3v) is 9.10. The molecule has 4 amide bonds. The predicted octanol–water partition coefficient (Wildman–Crippen LogP) is 3.71. The highest BCUT2D eigenvalue weighted by Gasteiger charge is 2.67. The van der Waals surface area contributed by atoms with Crippen molar-refractivity contribution in [2.75, 3.05) is 12.0 Å². The van der Waals surface area contributed by atoms with Crippen molar-refractivity contribution in [1.82, 2.24) is 5.32 Å². The Bertz CT molecular complexity index is 1470. The van der Waals surface area contributed by atoms with Gasteiger partial charge in [-0.1, -0.05) is 29.3 Å². The summed E-state index contributed by atoms with van der Waals surface area (Å²) < 4.78 is 19.1. The summed E-state index contributed by atoms with van der Waals surface area (Å²) in [5, 5.41) is 12.8. The fourth-order valence-corrected chi connectivity index (χ4v) is 7.24. The second kappa shape index (κ2) is 8.39. The van der Waals surface area contributed by atoms with E-state index in [9.17, 15) is 28.7 Å². The van der Waals surface area contributed by atoms with Crippen molar-refractivity contribution < 1.29 is 33.4 Å². The van der Waals surface area contributed by atoms with Crippen molar-refractivity contribution >= 4 is 40.9 Å². The number of halogens is 2. The lowest BCUT2D eigenvalue weighted by molar-refractivity contribution is -0.131. The molecule has 0 radical (unpaired) electrons. The number of phenolic OH excluding ortho intramolecular Hbond substituents is 1. The van der Waals surface area contributed by atoms with Gasteiger partial charge in [-0.25, -0.2) is 9.29 Å². The number of methoxy groups -OCH3 is 1. The second-order valence-corrected chi connectivity index (χ2v) is 11.0. The molecule has 1 saturated carbocycles. The summed E-state index contributed by atoms with van der Waals surface area (Å²) in [6, 6.07) is 8.50. The maximum absolute atomic E-state index is 14.2. The first kappa shape index (κ1) is 24.6. The number of anilines is 1. The normalized spacial score (nSPS) is 31.9. The number of aromatic hydroxyl groups is 1. The van der Waals surface area contributed by atoms with E-state index >= 15 is 0 Å². The lowest BCUT2D eigenvalue weighted by Crippen LogP contribution is -2.48. The summed E-state index contributed by atoms with van der Waals surface area (Å²) in [6.45, 7) is 1.72. The van der Waals surface area contributed by atoms with Crippen LogP contribution in [0, 0.1) is 34.9 Å². The van der Waals surface area contributed by atoms with Gasteiger partial charge < -0.3 is 9.84 Å². The molecule has 2 heterocycles. The third kappa shape index (κ3) is 3.20. The molecule has 0 bridgehead atoms. The Morgan fingerprint density at radius 2 is 1.87 bits per heavy atom. The molecule has 6 rings (SSSR count). The van der Waals surface area contributed by atoms with E-state index in [1.165, 1.54) is 25.3 Å². The Morgan fingerprint density at radius 3 is 2.55 bits per heavy atom. The maximum Gasteiger partial charge on any atom is 0.241 e. The first-order valence-electron chi connectivity index (χ1n) is 12.3. The summed E-state index contributed by atoms with van der Waals surface area (Å²) in [6.07, 6.45) is 2.43. The smallest absolute Gasteiger partial charge is 0.241 e. The molecule has 6 atom stereocenters. The SMILES string of the molecule is COc1ccc(C2C3=CCC4C(=O)NC(=O)C4C3CC3C(=O)N(c4ccc(F)c(Cl)c4)C(=O)C32C)cc1O.